The number of aliphatic hydroxyl groups is 1. The van der Waals surface area contributed by atoms with Crippen molar-refractivity contribution in [1.82, 2.24) is 4.90 Å². The summed E-state index contributed by atoms with van der Waals surface area (Å²) in [6.07, 6.45) is 2.27. The summed E-state index contributed by atoms with van der Waals surface area (Å²) < 4.78 is 0. The molecule has 10 heavy (non-hydrogen) atoms. The van der Waals surface area contributed by atoms with Crippen LogP contribution in [-0.2, 0) is 0 Å². The van der Waals surface area contributed by atoms with Gasteiger partial charge in [0.05, 0.1) is 0 Å². The molecule has 1 N–H and O–H groups in total. The molecule has 1 heterocycles. The van der Waals surface area contributed by atoms with E-state index in [0.717, 1.165) is 25.9 Å². The SMILES string of the molecule is CCC1(CO)CCN(C)C1. The van der Waals surface area contributed by atoms with Gasteiger partial charge < -0.3 is 10.0 Å². The van der Waals surface area contributed by atoms with E-state index in [1.807, 2.05) is 0 Å². The monoisotopic (exact) mass is 143 g/mol. The Labute approximate surface area is 62.8 Å². The number of hydrogen-bond acceptors (Lipinski definition) is 2. The first-order valence-corrected chi connectivity index (χ1v) is 4.02. The van der Waals surface area contributed by atoms with E-state index in [9.17, 15) is 0 Å². The quantitative estimate of drug-likeness (QED) is 0.615. The third-order valence-electron chi connectivity index (χ3n) is 2.71. The molecular weight excluding hydrogens is 126 g/mol. The van der Waals surface area contributed by atoms with Gasteiger partial charge in [0.25, 0.3) is 0 Å². The molecule has 0 aromatic heterocycles. The topological polar surface area (TPSA) is 23.5 Å². The molecule has 60 valence electrons. The van der Waals surface area contributed by atoms with E-state index in [2.05, 4.69) is 18.9 Å². The molecule has 1 rings (SSSR count). The number of hydrogen-bond donors (Lipinski definition) is 1. The summed E-state index contributed by atoms with van der Waals surface area (Å²) in [5.41, 5.74) is 0.231. The van der Waals surface area contributed by atoms with E-state index in [4.69, 9.17) is 5.11 Å². The minimum Gasteiger partial charge on any atom is -0.396 e. The highest BCUT2D eigenvalue weighted by Gasteiger charge is 2.33. The molecule has 2 heteroatoms. The Morgan fingerprint density at radius 3 is 2.50 bits per heavy atom. The average Bonchev–Trinajstić information content (AvgIpc) is 2.33. The van der Waals surface area contributed by atoms with Crippen molar-refractivity contribution in [2.24, 2.45) is 5.41 Å². The fraction of sp³-hybridized carbons (Fsp3) is 1.00. The summed E-state index contributed by atoms with van der Waals surface area (Å²) in [5, 5.41) is 9.11. The minimum atomic E-state index is 0.231. The lowest BCUT2D eigenvalue weighted by Gasteiger charge is -2.24. The van der Waals surface area contributed by atoms with Gasteiger partial charge in [-0.1, -0.05) is 6.92 Å². The Bertz CT molecular complexity index is 110. The summed E-state index contributed by atoms with van der Waals surface area (Å²) in [4.78, 5) is 2.29. The first-order chi connectivity index (χ1) is 4.72. The van der Waals surface area contributed by atoms with Gasteiger partial charge in [-0.25, -0.2) is 0 Å². The van der Waals surface area contributed by atoms with Crippen LogP contribution >= 0.6 is 0 Å². The molecule has 0 saturated carbocycles. The highest BCUT2D eigenvalue weighted by Crippen LogP contribution is 2.31. The smallest absolute Gasteiger partial charge is 0.0500 e. The molecule has 1 fully saturated rings. The highest BCUT2D eigenvalue weighted by molar-refractivity contribution is 4.86. The van der Waals surface area contributed by atoms with Gasteiger partial charge in [0.1, 0.15) is 0 Å². The van der Waals surface area contributed by atoms with Crippen molar-refractivity contribution in [1.29, 1.82) is 0 Å². The van der Waals surface area contributed by atoms with Crippen LogP contribution in [0.5, 0.6) is 0 Å². The van der Waals surface area contributed by atoms with Crippen molar-refractivity contribution in [2.45, 2.75) is 19.8 Å². The van der Waals surface area contributed by atoms with Crippen LogP contribution in [0.2, 0.25) is 0 Å². The Balaban J connectivity index is 2.51. The Morgan fingerprint density at radius 2 is 2.30 bits per heavy atom. The van der Waals surface area contributed by atoms with Crippen molar-refractivity contribution in [3.8, 4) is 0 Å². The molecule has 0 spiro atoms. The molecular formula is C8H17NO. The van der Waals surface area contributed by atoms with Crippen molar-refractivity contribution < 1.29 is 5.11 Å². The van der Waals surface area contributed by atoms with Gasteiger partial charge in [-0.3, -0.25) is 0 Å². The third-order valence-corrected chi connectivity index (χ3v) is 2.71. The van der Waals surface area contributed by atoms with Gasteiger partial charge in [-0.15, -0.1) is 0 Å². The molecule has 1 aliphatic rings. The zero-order valence-corrected chi connectivity index (χ0v) is 6.93. The summed E-state index contributed by atoms with van der Waals surface area (Å²) in [5.74, 6) is 0. The summed E-state index contributed by atoms with van der Waals surface area (Å²) in [7, 11) is 2.12. The fourth-order valence-electron chi connectivity index (χ4n) is 1.69. The molecule has 0 aromatic rings. The zero-order chi connectivity index (χ0) is 7.61. The standard InChI is InChI=1S/C8H17NO/c1-3-8(7-10)4-5-9(2)6-8/h10H,3-7H2,1-2H3. The van der Waals surface area contributed by atoms with Gasteiger partial charge in [0.15, 0.2) is 0 Å². The maximum Gasteiger partial charge on any atom is 0.0500 e. The lowest BCUT2D eigenvalue weighted by Crippen LogP contribution is -2.27. The van der Waals surface area contributed by atoms with Gasteiger partial charge in [0, 0.05) is 18.6 Å². The lowest BCUT2D eigenvalue weighted by molar-refractivity contribution is 0.128. The van der Waals surface area contributed by atoms with Crippen LogP contribution in [0.4, 0.5) is 0 Å². The first-order valence-electron chi connectivity index (χ1n) is 4.02. The molecule has 0 amide bonds. The summed E-state index contributed by atoms with van der Waals surface area (Å²) >= 11 is 0. The van der Waals surface area contributed by atoms with Crippen molar-refractivity contribution >= 4 is 0 Å². The maximum atomic E-state index is 9.11. The third kappa shape index (κ3) is 1.32. The Kier molecular flexibility index (Phi) is 2.32. The molecule has 1 atom stereocenters. The van der Waals surface area contributed by atoms with E-state index in [-0.39, 0.29) is 5.41 Å². The van der Waals surface area contributed by atoms with Crippen LogP contribution in [0.3, 0.4) is 0 Å². The van der Waals surface area contributed by atoms with E-state index in [0.29, 0.717) is 6.61 Å². The second kappa shape index (κ2) is 2.89. The second-order valence-electron chi connectivity index (χ2n) is 3.50. The molecule has 0 radical (unpaired) electrons. The molecule has 1 aliphatic heterocycles. The van der Waals surface area contributed by atoms with Gasteiger partial charge >= 0.3 is 0 Å². The highest BCUT2D eigenvalue weighted by atomic mass is 16.3. The Morgan fingerprint density at radius 1 is 1.60 bits per heavy atom. The first kappa shape index (κ1) is 8.02. The fourth-order valence-corrected chi connectivity index (χ4v) is 1.69. The van der Waals surface area contributed by atoms with Crippen LogP contribution in [-0.4, -0.2) is 36.8 Å². The maximum absolute atomic E-state index is 9.11. The van der Waals surface area contributed by atoms with E-state index in [1.54, 1.807) is 0 Å². The zero-order valence-electron chi connectivity index (χ0n) is 6.93. The van der Waals surface area contributed by atoms with Crippen LogP contribution < -0.4 is 0 Å². The van der Waals surface area contributed by atoms with Crippen molar-refractivity contribution in [2.75, 3.05) is 26.7 Å². The summed E-state index contributed by atoms with van der Waals surface area (Å²) in [6.45, 7) is 4.73. The van der Waals surface area contributed by atoms with E-state index >= 15 is 0 Å². The van der Waals surface area contributed by atoms with Crippen LogP contribution in [0.25, 0.3) is 0 Å². The molecule has 1 unspecified atom stereocenters. The Hall–Kier alpha value is -0.0800. The number of aliphatic hydroxyl groups excluding tert-OH is 1. The molecule has 1 saturated heterocycles. The second-order valence-corrected chi connectivity index (χ2v) is 3.50. The van der Waals surface area contributed by atoms with E-state index < -0.39 is 0 Å². The van der Waals surface area contributed by atoms with E-state index in [1.165, 1.54) is 0 Å². The van der Waals surface area contributed by atoms with Crippen LogP contribution in [0.1, 0.15) is 19.8 Å². The van der Waals surface area contributed by atoms with Crippen molar-refractivity contribution in [3.05, 3.63) is 0 Å². The molecule has 2 nitrogen and oxygen atoms in total. The summed E-state index contributed by atoms with van der Waals surface area (Å²) in [6, 6.07) is 0. The van der Waals surface area contributed by atoms with Gasteiger partial charge in [-0.2, -0.15) is 0 Å². The predicted octanol–water partition coefficient (Wildman–Crippen LogP) is 0.711. The van der Waals surface area contributed by atoms with Crippen LogP contribution in [0.15, 0.2) is 0 Å². The predicted molar refractivity (Wildman–Crippen MR) is 41.9 cm³/mol. The molecule has 0 aliphatic carbocycles. The normalized spacial score (nSPS) is 35.1. The van der Waals surface area contributed by atoms with Crippen molar-refractivity contribution in [3.63, 3.8) is 0 Å². The van der Waals surface area contributed by atoms with Crippen LogP contribution in [0, 0.1) is 5.41 Å². The largest absolute Gasteiger partial charge is 0.396 e. The lowest BCUT2D eigenvalue weighted by atomic mass is 9.85. The average molecular weight is 143 g/mol. The van der Waals surface area contributed by atoms with Gasteiger partial charge in [-0.05, 0) is 26.4 Å². The minimum absolute atomic E-state index is 0.231. The molecule has 0 aromatic carbocycles. The number of nitrogens with zero attached hydrogens (tertiary/aromatic N) is 1. The number of rotatable bonds is 2. The van der Waals surface area contributed by atoms with Gasteiger partial charge in [0.2, 0.25) is 0 Å². The molecule has 0 bridgehead atoms. The number of likely N-dealkylation sites (tertiary alicyclic amines) is 1.